The van der Waals surface area contributed by atoms with Crippen LogP contribution in [0.3, 0.4) is 0 Å². The molecule has 39 heavy (non-hydrogen) atoms. The Bertz CT molecular complexity index is 1420. The number of nitrogens with zero attached hydrogens (tertiary/aromatic N) is 6. The number of ether oxygens (including phenoxy) is 2. The summed E-state index contributed by atoms with van der Waals surface area (Å²) in [6.07, 6.45) is 0.326. The van der Waals surface area contributed by atoms with E-state index < -0.39 is 35.7 Å². The first-order valence-electron chi connectivity index (χ1n) is 11.9. The summed E-state index contributed by atoms with van der Waals surface area (Å²) in [5, 5.41) is 39.6. The number of amides is 1. The Morgan fingerprint density at radius 2 is 2.00 bits per heavy atom. The van der Waals surface area contributed by atoms with Crippen LogP contribution in [0.2, 0.25) is 0 Å². The van der Waals surface area contributed by atoms with Gasteiger partial charge in [-0.05, 0) is 39.0 Å². The summed E-state index contributed by atoms with van der Waals surface area (Å²) in [5.41, 5.74) is -0.829. The van der Waals surface area contributed by atoms with Gasteiger partial charge in [0.1, 0.15) is 33.2 Å². The van der Waals surface area contributed by atoms with E-state index in [-0.39, 0.29) is 25.1 Å². The van der Waals surface area contributed by atoms with E-state index in [1.807, 2.05) is 6.07 Å². The third-order valence-electron chi connectivity index (χ3n) is 6.47. The smallest absolute Gasteiger partial charge is 0.329 e. The first-order valence-corrected chi connectivity index (χ1v) is 12.7. The van der Waals surface area contributed by atoms with Gasteiger partial charge in [0.2, 0.25) is 6.35 Å². The average molecular weight is 559 g/mol. The Morgan fingerprint density at radius 3 is 2.62 bits per heavy atom. The highest BCUT2D eigenvalue weighted by Gasteiger charge is 2.50. The molecule has 12 nitrogen and oxygen atoms in total. The number of aromatic nitrogens is 3. The fourth-order valence-corrected chi connectivity index (χ4v) is 5.61. The molecule has 1 unspecified atom stereocenters. The molecule has 1 aliphatic heterocycles. The predicted molar refractivity (Wildman–Crippen MR) is 137 cm³/mol. The Labute approximate surface area is 227 Å². The van der Waals surface area contributed by atoms with Crippen molar-refractivity contribution < 1.29 is 33.7 Å². The second-order valence-electron chi connectivity index (χ2n) is 9.22. The number of benzene rings is 1. The van der Waals surface area contributed by atoms with Crippen LogP contribution in [0.1, 0.15) is 47.9 Å². The van der Waals surface area contributed by atoms with Crippen molar-refractivity contribution in [3.05, 3.63) is 53.1 Å². The van der Waals surface area contributed by atoms with Gasteiger partial charge in [0.05, 0.1) is 50.7 Å². The standard InChI is InChI=1S/C25H27FN6O6S/c1-14-19-20(33)31(25(2,3)23(34)35)24(36)30(22(19)39-21(14)32-28-9-10-29-32)13-18(38-11-5-8-27)16-12-15(26)6-7-17(16)37-4/h6-7,9-10,12,18,24,36H,5,11,13H2,1-4H3,(H,34,35)/t18-,24?/m0/s1. The number of aliphatic hydroxyl groups is 1. The number of nitriles is 1. The number of rotatable bonds is 10. The van der Waals surface area contributed by atoms with Gasteiger partial charge in [-0.3, -0.25) is 9.69 Å². The molecule has 0 spiro atoms. The molecule has 14 heteroatoms. The Hall–Kier alpha value is -4.06. The highest BCUT2D eigenvalue weighted by atomic mass is 32.1. The summed E-state index contributed by atoms with van der Waals surface area (Å²) in [7, 11) is 1.42. The van der Waals surface area contributed by atoms with Crippen LogP contribution in [-0.4, -0.2) is 74.1 Å². The third kappa shape index (κ3) is 5.03. The monoisotopic (exact) mass is 558 g/mol. The number of thiophene rings is 1. The Balaban J connectivity index is 1.88. The number of aliphatic carboxylic acids is 1. The molecular weight excluding hydrogens is 531 g/mol. The van der Waals surface area contributed by atoms with E-state index in [1.165, 1.54) is 61.2 Å². The number of halogens is 1. The largest absolute Gasteiger partial charge is 0.496 e. The molecular formula is C25H27FN6O6S. The maximum atomic E-state index is 14.3. The zero-order valence-electron chi connectivity index (χ0n) is 21.7. The average Bonchev–Trinajstić information content (AvgIpc) is 3.53. The zero-order valence-corrected chi connectivity index (χ0v) is 22.5. The maximum absolute atomic E-state index is 14.3. The number of anilines is 1. The van der Waals surface area contributed by atoms with Crippen molar-refractivity contribution in [1.29, 1.82) is 5.26 Å². The van der Waals surface area contributed by atoms with Gasteiger partial charge in [-0.2, -0.15) is 15.5 Å². The number of hydrogen-bond acceptors (Lipinski definition) is 10. The summed E-state index contributed by atoms with van der Waals surface area (Å²) in [5.74, 6) is -2.25. The molecule has 2 atom stereocenters. The number of hydrogen-bond donors (Lipinski definition) is 2. The van der Waals surface area contributed by atoms with Gasteiger partial charge in [-0.15, -0.1) is 4.80 Å². The molecule has 0 fully saturated rings. The molecule has 4 rings (SSSR count). The predicted octanol–water partition coefficient (Wildman–Crippen LogP) is 2.86. The van der Waals surface area contributed by atoms with Crippen molar-refractivity contribution >= 4 is 28.2 Å². The molecule has 0 saturated heterocycles. The van der Waals surface area contributed by atoms with E-state index in [9.17, 15) is 24.2 Å². The van der Waals surface area contributed by atoms with Crippen LogP contribution in [0, 0.1) is 24.1 Å². The van der Waals surface area contributed by atoms with Crippen LogP contribution in [-0.2, 0) is 9.53 Å². The van der Waals surface area contributed by atoms with Crippen molar-refractivity contribution in [2.75, 3.05) is 25.2 Å². The van der Waals surface area contributed by atoms with Crippen LogP contribution in [0.15, 0.2) is 30.6 Å². The normalized spacial score (nSPS) is 16.1. The van der Waals surface area contributed by atoms with Gasteiger partial charge in [0, 0.05) is 11.1 Å². The minimum atomic E-state index is -1.81. The fraction of sp³-hybridized carbons (Fsp3) is 0.400. The lowest BCUT2D eigenvalue weighted by molar-refractivity contribution is -0.154. The highest BCUT2D eigenvalue weighted by molar-refractivity contribution is 7.19. The van der Waals surface area contributed by atoms with Gasteiger partial charge in [0.15, 0.2) is 0 Å². The molecule has 0 aliphatic carbocycles. The number of carbonyl (C=O) groups excluding carboxylic acids is 1. The van der Waals surface area contributed by atoms with Crippen molar-refractivity contribution in [2.24, 2.45) is 0 Å². The molecule has 1 aromatic carbocycles. The second kappa shape index (κ2) is 11.0. The van der Waals surface area contributed by atoms with Crippen LogP contribution < -0.4 is 9.64 Å². The number of fused-ring (bicyclic) bond motifs is 1. The van der Waals surface area contributed by atoms with Crippen molar-refractivity contribution in [3.63, 3.8) is 0 Å². The van der Waals surface area contributed by atoms with Gasteiger partial charge in [-0.25, -0.2) is 9.18 Å². The quantitative estimate of drug-likeness (QED) is 0.355. The molecule has 3 heterocycles. The van der Waals surface area contributed by atoms with Crippen LogP contribution >= 0.6 is 11.3 Å². The van der Waals surface area contributed by atoms with E-state index in [0.29, 0.717) is 26.9 Å². The summed E-state index contributed by atoms with van der Waals surface area (Å²) in [6.45, 7) is 4.16. The topological polar surface area (TPSA) is 154 Å². The van der Waals surface area contributed by atoms with Gasteiger partial charge < -0.3 is 24.6 Å². The van der Waals surface area contributed by atoms with E-state index >= 15 is 0 Å². The Morgan fingerprint density at radius 1 is 1.31 bits per heavy atom. The molecule has 0 bridgehead atoms. The number of carbonyl (C=O) groups is 2. The summed E-state index contributed by atoms with van der Waals surface area (Å²) >= 11 is 1.13. The van der Waals surface area contributed by atoms with E-state index in [0.717, 1.165) is 16.2 Å². The Kier molecular flexibility index (Phi) is 7.86. The minimum Gasteiger partial charge on any atom is -0.496 e. The van der Waals surface area contributed by atoms with E-state index in [2.05, 4.69) is 10.2 Å². The summed E-state index contributed by atoms with van der Waals surface area (Å²) < 4.78 is 25.7. The zero-order chi connectivity index (χ0) is 28.5. The number of carboxylic acid groups (broad SMARTS) is 1. The molecule has 2 N–H and O–H groups in total. The van der Waals surface area contributed by atoms with Crippen molar-refractivity contribution in [2.45, 2.75) is 45.2 Å². The van der Waals surface area contributed by atoms with Gasteiger partial charge in [-0.1, -0.05) is 11.3 Å². The van der Waals surface area contributed by atoms with Crippen molar-refractivity contribution in [1.82, 2.24) is 19.9 Å². The summed E-state index contributed by atoms with van der Waals surface area (Å²) in [6, 6.07) is 5.88. The highest BCUT2D eigenvalue weighted by Crippen LogP contribution is 2.45. The lowest BCUT2D eigenvalue weighted by Crippen LogP contribution is -2.65. The van der Waals surface area contributed by atoms with E-state index in [1.54, 1.807) is 6.92 Å². The van der Waals surface area contributed by atoms with Crippen LogP contribution in [0.4, 0.5) is 9.39 Å². The fourth-order valence-electron chi connectivity index (χ4n) is 4.37. The van der Waals surface area contributed by atoms with Gasteiger partial charge in [0.25, 0.3) is 5.91 Å². The molecule has 2 aromatic heterocycles. The molecule has 1 aliphatic rings. The van der Waals surface area contributed by atoms with Gasteiger partial charge >= 0.3 is 5.97 Å². The first-order chi connectivity index (χ1) is 18.5. The molecule has 0 saturated carbocycles. The molecule has 3 aromatic rings. The third-order valence-corrected chi connectivity index (χ3v) is 7.76. The van der Waals surface area contributed by atoms with Crippen LogP contribution in [0.5, 0.6) is 5.75 Å². The SMILES string of the molecule is COc1ccc(F)cc1[C@H](CN1c2sc(-n3nccn3)c(C)c2C(=O)N(C(C)(C)C(=O)O)C1O)OCCC#N. The second-order valence-corrected chi connectivity index (χ2v) is 10.2. The molecule has 0 radical (unpaired) electrons. The summed E-state index contributed by atoms with van der Waals surface area (Å²) in [4.78, 5) is 29.6. The maximum Gasteiger partial charge on any atom is 0.329 e. The lowest BCUT2D eigenvalue weighted by atomic mass is 9.98. The number of methoxy groups -OCH3 is 1. The molecule has 206 valence electrons. The van der Waals surface area contributed by atoms with Crippen molar-refractivity contribution in [3.8, 4) is 16.8 Å². The van der Waals surface area contributed by atoms with E-state index in [4.69, 9.17) is 14.7 Å². The number of aliphatic hydroxyl groups excluding tert-OH is 1. The number of carboxylic acids is 1. The first kappa shape index (κ1) is 28.0. The lowest BCUT2D eigenvalue weighted by Gasteiger charge is -2.47. The van der Waals surface area contributed by atoms with Crippen LogP contribution in [0.25, 0.3) is 5.00 Å². The minimum absolute atomic E-state index is 0.00713. The molecule has 1 amide bonds.